The molecular weight excluding hydrogens is 512 g/mol. The molecule has 8 rings (SSSR count). The molecule has 0 radical (unpaired) electrons. The maximum atomic E-state index is 4.96. The molecule has 0 aliphatic heterocycles. The summed E-state index contributed by atoms with van der Waals surface area (Å²) in [5.74, 6) is 0. The SMILES string of the molecule is c1ccc(-c2cc(-c3ccc4c5ccc(-c6cccc(-c7ccccn7)n6)cc5c5ccccc5c4c3)ccn2)nc1. The molecule has 0 aliphatic rings. The van der Waals surface area contributed by atoms with E-state index in [-0.39, 0.29) is 0 Å². The van der Waals surface area contributed by atoms with Gasteiger partial charge in [0.05, 0.1) is 28.5 Å². The van der Waals surface area contributed by atoms with Crippen LogP contribution in [0.25, 0.3) is 77.5 Å². The Morgan fingerprint density at radius 2 is 0.810 bits per heavy atom. The lowest BCUT2D eigenvalue weighted by atomic mass is 9.91. The largest absolute Gasteiger partial charge is 0.255 e. The van der Waals surface area contributed by atoms with E-state index in [0.717, 1.165) is 45.2 Å². The number of hydrogen-bond acceptors (Lipinski definition) is 4. The second kappa shape index (κ2) is 10.0. The van der Waals surface area contributed by atoms with Gasteiger partial charge in [0.25, 0.3) is 0 Å². The minimum atomic E-state index is 0.866. The Labute approximate surface area is 243 Å². The van der Waals surface area contributed by atoms with Gasteiger partial charge in [-0.05, 0) is 104 Å². The van der Waals surface area contributed by atoms with E-state index < -0.39 is 0 Å². The fraction of sp³-hybridized carbons (Fsp3) is 0. The number of rotatable bonds is 4. The lowest BCUT2D eigenvalue weighted by molar-refractivity contribution is 1.25. The van der Waals surface area contributed by atoms with Crippen molar-refractivity contribution in [3.8, 4) is 45.2 Å². The average molecular weight is 537 g/mol. The van der Waals surface area contributed by atoms with E-state index >= 15 is 0 Å². The Morgan fingerprint density at radius 1 is 0.286 bits per heavy atom. The molecule has 4 heteroatoms. The first-order chi connectivity index (χ1) is 20.8. The molecule has 4 nitrogen and oxygen atoms in total. The molecule has 0 atom stereocenters. The zero-order chi connectivity index (χ0) is 27.9. The van der Waals surface area contributed by atoms with Crippen molar-refractivity contribution in [2.45, 2.75) is 0 Å². The molecule has 4 aromatic carbocycles. The number of aromatic nitrogens is 4. The molecule has 0 aliphatic carbocycles. The quantitative estimate of drug-likeness (QED) is 0.210. The first-order valence-electron chi connectivity index (χ1n) is 14.0. The second-order valence-corrected chi connectivity index (χ2v) is 10.3. The van der Waals surface area contributed by atoms with E-state index in [1.54, 1.807) is 12.4 Å². The average Bonchev–Trinajstić information content (AvgIpc) is 3.09. The van der Waals surface area contributed by atoms with E-state index in [4.69, 9.17) is 4.98 Å². The summed E-state index contributed by atoms with van der Waals surface area (Å²) in [7, 11) is 0. The van der Waals surface area contributed by atoms with Crippen LogP contribution in [-0.2, 0) is 0 Å². The van der Waals surface area contributed by atoms with E-state index in [1.165, 1.54) is 32.3 Å². The molecule has 4 heterocycles. The summed E-state index contributed by atoms with van der Waals surface area (Å²) in [6.07, 6.45) is 5.46. The van der Waals surface area contributed by atoms with Crippen molar-refractivity contribution in [3.63, 3.8) is 0 Å². The molecule has 196 valence electrons. The van der Waals surface area contributed by atoms with Crippen molar-refractivity contribution in [2.24, 2.45) is 0 Å². The van der Waals surface area contributed by atoms with Gasteiger partial charge in [-0.2, -0.15) is 0 Å². The summed E-state index contributed by atoms with van der Waals surface area (Å²) < 4.78 is 0. The number of nitrogens with zero attached hydrogens (tertiary/aromatic N) is 4. The van der Waals surface area contributed by atoms with E-state index in [2.05, 4.69) is 99.9 Å². The van der Waals surface area contributed by atoms with Gasteiger partial charge in [0.15, 0.2) is 0 Å². The zero-order valence-corrected chi connectivity index (χ0v) is 22.6. The van der Waals surface area contributed by atoms with Crippen LogP contribution >= 0.6 is 0 Å². The molecule has 42 heavy (non-hydrogen) atoms. The Hall–Kier alpha value is -5.74. The maximum Gasteiger partial charge on any atom is 0.0893 e. The number of fused-ring (bicyclic) bond motifs is 6. The molecular formula is C38H24N4. The minimum Gasteiger partial charge on any atom is -0.255 e. The van der Waals surface area contributed by atoms with Crippen LogP contribution in [0.3, 0.4) is 0 Å². The summed E-state index contributed by atoms with van der Waals surface area (Å²) in [5, 5.41) is 7.36. The molecule has 0 spiro atoms. The predicted octanol–water partition coefficient (Wildman–Crippen LogP) is 9.39. The van der Waals surface area contributed by atoms with Crippen molar-refractivity contribution >= 4 is 32.3 Å². The van der Waals surface area contributed by atoms with Crippen molar-refractivity contribution in [1.29, 1.82) is 0 Å². The third kappa shape index (κ3) is 4.18. The molecule has 8 aromatic rings. The van der Waals surface area contributed by atoms with Gasteiger partial charge in [-0.1, -0.05) is 66.7 Å². The van der Waals surface area contributed by atoms with Crippen LogP contribution in [0.15, 0.2) is 146 Å². The van der Waals surface area contributed by atoms with Crippen molar-refractivity contribution in [1.82, 2.24) is 19.9 Å². The summed E-state index contributed by atoms with van der Waals surface area (Å²) in [6.45, 7) is 0. The van der Waals surface area contributed by atoms with Crippen LogP contribution in [0, 0.1) is 0 Å². The Kier molecular flexibility index (Phi) is 5.75. The van der Waals surface area contributed by atoms with Crippen LogP contribution < -0.4 is 0 Å². The second-order valence-electron chi connectivity index (χ2n) is 10.3. The van der Waals surface area contributed by atoms with Gasteiger partial charge in [-0.25, -0.2) is 4.98 Å². The third-order valence-corrected chi connectivity index (χ3v) is 7.83. The standard InChI is InChI=1S/C38H24N4/c1-2-9-29-28(8-1)32-22-25(26-18-21-41-38(24-26)36-11-4-6-20-40-36)14-16-30(32)31-17-15-27(23-33(29)31)34-12-7-13-37(42-34)35-10-3-5-19-39-35/h1-24H. The smallest absolute Gasteiger partial charge is 0.0893 e. The fourth-order valence-corrected chi connectivity index (χ4v) is 5.81. The highest BCUT2D eigenvalue weighted by molar-refractivity contribution is 6.26. The van der Waals surface area contributed by atoms with E-state index in [9.17, 15) is 0 Å². The van der Waals surface area contributed by atoms with Gasteiger partial charge in [-0.15, -0.1) is 0 Å². The van der Waals surface area contributed by atoms with Crippen molar-refractivity contribution in [3.05, 3.63) is 146 Å². The zero-order valence-electron chi connectivity index (χ0n) is 22.6. The summed E-state index contributed by atoms with van der Waals surface area (Å²) in [4.78, 5) is 18.5. The molecule has 0 N–H and O–H groups in total. The highest BCUT2D eigenvalue weighted by atomic mass is 14.8. The fourth-order valence-electron chi connectivity index (χ4n) is 5.81. The highest BCUT2D eigenvalue weighted by Gasteiger charge is 2.13. The first-order valence-corrected chi connectivity index (χ1v) is 14.0. The van der Waals surface area contributed by atoms with Gasteiger partial charge in [0.1, 0.15) is 0 Å². The van der Waals surface area contributed by atoms with Crippen LogP contribution in [0.4, 0.5) is 0 Å². The lowest BCUT2D eigenvalue weighted by Crippen LogP contribution is -1.91. The number of pyridine rings is 4. The van der Waals surface area contributed by atoms with Gasteiger partial charge < -0.3 is 0 Å². The molecule has 0 saturated carbocycles. The Bertz CT molecular complexity index is 2060. The van der Waals surface area contributed by atoms with Crippen molar-refractivity contribution < 1.29 is 0 Å². The van der Waals surface area contributed by atoms with Crippen LogP contribution in [-0.4, -0.2) is 19.9 Å². The predicted molar refractivity (Wildman–Crippen MR) is 172 cm³/mol. The molecule has 4 aromatic heterocycles. The minimum absolute atomic E-state index is 0.866. The van der Waals surface area contributed by atoms with Gasteiger partial charge >= 0.3 is 0 Å². The van der Waals surface area contributed by atoms with Gasteiger partial charge in [0, 0.05) is 24.2 Å². The third-order valence-electron chi connectivity index (χ3n) is 7.83. The molecule has 0 unspecified atom stereocenters. The summed E-state index contributed by atoms with van der Waals surface area (Å²) >= 11 is 0. The van der Waals surface area contributed by atoms with Gasteiger partial charge in [0.2, 0.25) is 0 Å². The topological polar surface area (TPSA) is 51.6 Å². The normalized spacial score (nSPS) is 11.3. The monoisotopic (exact) mass is 536 g/mol. The molecule has 0 fully saturated rings. The van der Waals surface area contributed by atoms with E-state index in [1.807, 2.05) is 48.7 Å². The molecule has 0 amide bonds. The van der Waals surface area contributed by atoms with Crippen molar-refractivity contribution in [2.75, 3.05) is 0 Å². The number of benzene rings is 4. The lowest BCUT2D eigenvalue weighted by Gasteiger charge is -2.14. The molecule has 0 bridgehead atoms. The first kappa shape index (κ1) is 24.1. The summed E-state index contributed by atoms with van der Waals surface area (Å²) in [6, 6.07) is 44.2. The molecule has 0 saturated heterocycles. The highest BCUT2D eigenvalue weighted by Crippen LogP contribution is 2.39. The van der Waals surface area contributed by atoms with Crippen LogP contribution in [0.1, 0.15) is 0 Å². The van der Waals surface area contributed by atoms with Gasteiger partial charge in [-0.3, -0.25) is 15.0 Å². The number of hydrogen-bond donors (Lipinski definition) is 0. The Balaban J connectivity index is 1.28. The maximum absolute atomic E-state index is 4.96. The van der Waals surface area contributed by atoms with E-state index in [0.29, 0.717) is 0 Å². The summed E-state index contributed by atoms with van der Waals surface area (Å²) in [5.41, 5.74) is 7.75. The Morgan fingerprint density at radius 3 is 1.50 bits per heavy atom. The van der Waals surface area contributed by atoms with Crippen LogP contribution in [0.5, 0.6) is 0 Å². The van der Waals surface area contributed by atoms with Crippen LogP contribution in [0.2, 0.25) is 0 Å².